The van der Waals surface area contributed by atoms with Gasteiger partial charge in [-0.2, -0.15) is 18.2 Å². The zero-order valence-corrected chi connectivity index (χ0v) is 10.4. The lowest BCUT2D eigenvalue weighted by molar-refractivity contribution is -0.125. The van der Waals surface area contributed by atoms with Crippen molar-refractivity contribution in [2.45, 2.75) is 25.1 Å². The lowest BCUT2D eigenvalue weighted by atomic mass is 9.77. The van der Waals surface area contributed by atoms with Crippen LogP contribution in [0, 0.1) is 0 Å². The van der Waals surface area contributed by atoms with Gasteiger partial charge in [0.05, 0.1) is 19.0 Å². The van der Waals surface area contributed by atoms with Crippen molar-refractivity contribution in [2.75, 3.05) is 6.54 Å². The fourth-order valence-corrected chi connectivity index (χ4v) is 2.28. The minimum Gasteiger partial charge on any atom is -0.338 e. The summed E-state index contributed by atoms with van der Waals surface area (Å²) in [6, 6.07) is 7.95. The van der Waals surface area contributed by atoms with Crippen LogP contribution in [0.3, 0.4) is 0 Å². The molecule has 1 aromatic carbocycles. The standard InChI is InChI=1S/C13H12F3N3O/c14-13(15,16)7-17-6-11-18-12(19-20-11)10-5-8-3-1-2-4-9(8)10/h1-4,10,17H,5-7H2. The van der Waals surface area contributed by atoms with Crippen LogP contribution in [0.5, 0.6) is 0 Å². The summed E-state index contributed by atoms with van der Waals surface area (Å²) >= 11 is 0. The third kappa shape index (κ3) is 2.67. The van der Waals surface area contributed by atoms with E-state index in [4.69, 9.17) is 4.52 Å². The highest BCUT2D eigenvalue weighted by Gasteiger charge is 2.31. The smallest absolute Gasteiger partial charge is 0.338 e. The van der Waals surface area contributed by atoms with Crippen LogP contribution >= 0.6 is 0 Å². The number of aromatic nitrogens is 2. The summed E-state index contributed by atoms with van der Waals surface area (Å²) in [6.07, 6.45) is -3.40. The normalized spacial score (nSPS) is 17.6. The molecule has 1 heterocycles. The molecule has 0 aliphatic heterocycles. The quantitative estimate of drug-likeness (QED) is 0.936. The van der Waals surface area contributed by atoms with Crippen LogP contribution in [0.2, 0.25) is 0 Å². The van der Waals surface area contributed by atoms with Crippen LogP contribution in [0.25, 0.3) is 0 Å². The summed E-state index contributed by atoms with van der Waals surface area (Å²) in [4.78, 5) is 4.14. The molecule has 20 heavy (non-hydrogen) atoms. The van der Waals surface area contributed by atoms with E-state index in [9.17, 15) is 13.2 Å². The van der Waals surface area contributed by atoms with Crippen LogP contribution < -0.4 is 5.32 Å². The second-order valence-corrected chi connectivity index (χ2v) is 4.72. The third-order valence-corrected chi connectivity index (χ3v) is 3.25. The van der Waals surface area contributed by atoms with Crippen molar-refractivity contribution in [3.63, 3.8) is 0 Å². The average Bonchev–Trinajstić information content (AvgIpc) is 2.78. The molecule has 0 radical (unpaired) electrons. The van der Waals surface area contributed by atoms with Gasteiger partial charge in [-0.15, -0.1) is 0 Å². The summed E-state index contributed by atoms with van der Waals surface area (Å²) in [6.45, 7) is -1.15. The molecule has 0 amide bonds. The number of halogens is 3. The summed E-state index contributed by atoms with van der Waals surface area (Å²) < 4.78 is 40.9. The SMILES string of the molecule is FC(F)(F)CNCc1nc(C2Cc3ccccc32)no1. The minimum absolute atomic E-state index is 0.0825. The van der Waals surface area contributed by atoms with Crippen molar-refractivity contribution in [2.24, 2.45) is 0 Å². The molecule has 0 saturated carbocycles. The van der Waals surface area contributed by atoms with Crippen molar-refractivity contribution in [1.82, 2.24) is 15.5 Å². The largest absolute Gasteiger partial charge is 0.401 e. The van der Waals surface area contributed by atoms with Crippen molar-refractivity contribution in [1.29, 1.82) is 0 Å². The van der Waals surface area contributed by atoms with Crippen LogP contribution in [0.4, 0.5) is 13.2 Å². The van der Waals surface area contributed by atoms with E-state index in [1.807, 2.05) is 24.3 Å². The maximum absolute atomic E-state index is 12.0. The van der Waals surface area contributed by atoms with Crippen molar-refractivity contribution in [3.05, 3.63) is 47.1 Å². The molecule has 0 bridgehead atoms. The van der Waals surface area contributed by atoms with Gasteiger partial charge in [0.25, 0.3) is 0 Å². The van der Waals surface area contributed by atoms with Crippen LogP contribution in [-0.4, -0.2) is 22.9 Å². The lowest BCUT2D eigenvalue weighted by Crippen LogP contribution is -2.28. The van der Waals surface area contributed by atoms with Crippen LogP contribution in [-0.2, 0) is 13.0 Å². The number of fused-ring (bicyclic) bond motifs is 1. The summed E-state index contributed by atoms with van der Waals surface area (Å²) in [5, 5.41) is 6.07. The van der Waals surface area contributed by atoms with Gasteiger partial charge in [-0.3, -0.25) is 0 Å². The molecule has 7 heteroatoms. The van der Waals surface area contributed by atoms with E-state index in [0.717, 1.165) is 12.0 Å². The molecule has 1 unspecified atom stereocenters. The topological polar surface area (TPSA) is 51.0 Å². The van der Waals surface area contributed by atoms with E-state index in [1.54, 1.807) is 0 Å². The molecule has 0 saturated heterocycles. The van der Waals surface area contributed by atoms with E-state index in [1.165, 1.54) is 5.56 Å². The van der Waals surface area contributed by atoms with E-state index < -0.39 is 12.7 Å². The van der Waals surface area contributed by atoms with Gasteiger partial charge in [0.1, 0.15) is 0 Å². The molecule has 1 aromatic heterocycles. The minimum atomic E-state index is -4.24. The van der Waals surface area contributed by atoms with Crippen molar-refractivity contribution < 1.29 is 17.7 Å². The van der Waals surface area contributed by atoms with E-state index >= 15 is 0 Å². The first-order valence-corrected chi connectivity index (χ1v) is 6.21. The molecule has 1 N–H and O–H groups in total. The second kappa shape index (κ2) is 4.90. The molecule has 1 atom stereocenters. The van der Waals surface area contributed by atoms with E-state index in [-0.39, 0.29) is 18.4 Å². The summed E-state index contributed by atoms with van der Waals surface area (Å²) in [5.41, 5.74) is 2.40. The molecule has 1 aliphatic rings. The van der Waals surface area contributed by atoms with Gasteiger partial charge in [-0.05, 0) is 17.5 Å². The molecular formula is C13H12F3N3O. The van der Waals surface area contributed by atoms with Gasteiger partial charge in [0, 0.05) is 0 Å². The highest BCUT2D eigenvalue weighted by molar-refractivity contribution is 5.43. The zero-order valence-electron chi connectivity index (χ0n) is 10.4. The lowest BCUT2D eigenvalue weighted by Gasteiger charge is -2.27. The monoisotopic (exact) mass is 283 g/mol. The van der Waals surface area contributed by atoms with Gasteiger partial charge in [-0.25, -0.2) is 0 Å². The Hall–Kier alpha value is -1.89. The molecule has 1 aliphatic carbocycles. The maximum Gasteiger partial charge on any atom is 0.401 e. The van der Waals surface area contributed by atoms with Gasteiger partial charge in [-0.1, -0.05) is 29.4 Å². The van der Waals surface area contributed by atoms with Crippen molar-refractivity contribution in [3.8, 4) is 0 Å². The van der Waals surface area contributed by atoms with E-state index in [2.05, 4.69) is 15.5 Å². The Labute approximate surface area is 113 Å². The Kier molecular flexibility index (Phi) is 3.21. The Morgan fingerprint density at radius 3 is 2.85 bits per heavy atom. The Bertz CT molecular complexity index is 609. The fraction of sp³-hybridized carbons (Fsp3) is 0.385. The number of alkyl halides is 3. The molecule has 3 rings (SSSR count). The number of hydrogen-bond donors (Lipinski definition) is 1. The Balaban J connectivity index is 1.61. The van der Waals surface area contributed by atoms with Gasteiger partial charge < -0.3 is 9.84 Å². The van der Waals surface area contributed by atoms with Crippen LogP contribution in [0.15, 0.2) is 28.8 Å². The Morgan fingerprint density at radius 2 is 2.10 bits per heavy atom. The first-order chi connectivity index (χ1) is 9.53. The van der Waals surface area contributed by atoms with Gasteiger partial charge >= 0.3 is 6.18 Å². The Morgan fingerprint density at radius 1 is 1.30 bits per heavy atom. The number of benzene rings is 1. The van der Waals surface area contributed by atoms with Crippen LogP contribution in [0.1, 0.15) is 28.8 Å². The molecule has 2 aromatic rings. The highest BCUT2D eigenvalue weighted by atomic mass is 19.4. The fourth-order valence-electron chi connectivity index (χ4n) is 2.28. The average molecular weight is 283 g/mol. The summed E-state index contributed by atoms with van der Waals surface area (Å²) in [7, 11) is 0. The molecule has 0 spiro atoms. The van der Waals surface area contributed by atoms with E-state index in [0.29, 0.717) is 5.82 Å². The highest BCUT2D eigenvalue weighted by Crippen LogP contribution is 2.38. The number of hydrogen-bond acceptors (Lipinski definition) is 4. The molecule has 0 fully saturated rings. The van der Waals surface area contributed by atoms with Gasteiger partial charge in [0.2, 0.25) is 5.89 Å². The molecule has 106 valence electrons. The molecule has 4 nitrogen and oxygen atoms in total. The number of rotatable bonds is 4. The predicted molar refractivity (Wildman–Crippen MR) is 64.0 cm³/mol. The van der Waals surface area contributed by atoms with Crippen molar-refractivity contribution >= 4 is 0 Å². The first kappa shape index (κ1) is 13.1. The number of nitrogens with zero attached hydrogens (tertiary/aromatic N) is 2. The summed E-state index contributed by atoms with van der Waals surface area (Å²) in [5.74, 6) is 0.799. The maximum atomic E-state index is 12.0. The third-order valence-electron chi connectivity index (χ3n) is 3.25. The number of nitrogens with one attached hydrogen (secondary N) is 1. The van der Waals surface area contributed by atoms with Gasteiger partial charge in [0.15, 0.2) is 5.82 Å². The molecular weight excluding hydrogens is 271 g/mol. The predicted octanol–water partition coefficient (Wildman–Crippen LogP) is 2.41. The zero-order chi connectivity index (χ0) is 14.2. The first-order valence-electron chi connectivity index (χ1n) is 6.21. The second-order valence-electron chi connectivity index (χ2n) is 4.72.